The standard InChI is InChI=1S/C17H25BrN4O2.HI/c1-2-19-17(22-12-15-4-3-11-24-15)21-10-9-20-16(23)13-5-7-14(18)8-6-13;/h5-8,15H,2-4,9-12H2,1H3,(H,20,23)(H2,19,21,22);1H. The van der Waals surface area contributed by atoms with Crippen LogP contribution in [0.2, 0.25) is 0 Å². The van der Waals surface area contributed by atoms with Gasteiger partial charge in [0, 0.05) is 36.3 Å². The van der Waals surface area contributed by atoms with Crippen molar-refractivity contribution in [2.24, 2.45) is 4.99 Å². The Morgan fingerprint density at radius 2 is 1.96 bits per heavy atom. The average Bonchev–Trinajstić information content (AvgIpc) is 3.10. The molecular formula is C17H26BrIN4O2. The van der Waals surface area contributed by atoms with Crippen molar-refractivity contribution in [1.29, 1.82) is 0 Å². The Morgan fingerprint density at radius 1 is 1.24 bits per heavy atom. The topological polar surface area (TPSA) is 74.8 Å². The highest BCUT2D eigenvalue weighted by Gasteiger charge is 2.14. The van der Waals surface area contributed by atoms with Crippen LogP contribution < -0.4 is 16.0 Å². The summed E-state index contributed by atoms with van der Waals surface area (Å²) in [4.78, 5) is 16.5. The molecule has 0 bridgehead atoms. The molecule has 0 aliphatic carbocycles. The highest BCUT2D eigenvalue weighted by molar-refractivity contribution is 14.0. The first-order valence-corrected chi connectivity index (χ1v) is 9.16. The Kier molecular flexibility index (Phi) is 11.1. The summed E-state index contributed by atoms with van der Waals surface area (Å²) < 4.78 is 6.53. The minimum absolute atomic E-state index is 0. The number of ether oxygens (including phenoxy) is 1. The van der Waals surface area contributed by atoms with Gasteiger partial charge in [-0.2, -0.15) is 0 Å². The van der Waals surface area contributed by atoms with Crippen LogP contribution in [0.3, 0.4) is 0 Å². The first-order chi connectivity index (χ1) is 11.7. The molecule has 140 valence electrons. The highest BCUT2D eigenvalue weighted by atomic mass is 127. The molecule has 1 saturated heterocycles. The average molecular weight is 525 g/mol. The number of carbonyl (C=O) groups excluding carboxylic acids is 1. The van der Waals surface area contributed by atoms with Crippen LogP contribution in [0.15, 0.2) is 33.7 Å². The summed E-state index contributed by atoms with van der Waals surface area (Å²) in [5.41, 5.74) is 0.650. The van der Waals surface area contributed by atoms with Crippen LogP contribution in [0.1, 0.15) is 30.1 Å². The van der Waals surface area contributed by atoms with E-state index in [1.54, 1.807) is 12.1 Å². The molecule has 0 radical (unpaired) electrons. The van der Waals surface area contributed by atoms with E-state index in [9.17, 15) is 4.79 Å². The number of amides is 1. The van der Waals surface area contributed by atoms with Gasteiger partial charge in [-0.25, -0.2) is 0 Å². The minimum atomic E-state index is -0.0782. The van der Waals surface area contributed by atoms with Crippen molar-refractivity contribution in [3.8, 4) is 0 Å². The first kappa shape index (κ1) is 22.2. The predicted octanol–water partition coefficient (Wildman–Crippen LogP) is 2.53. The molecule has 1 unspecified atom stereocenters. The molecule has 8 heteroatoms. The van der Waals surface area contributed by atoms with Crippen molar-refractivity contribution in [3.63, 3.8) is 0 Å². The number of halogens is 2. The Bertz CT molecular complexity index is 548. The zero-order chi connectivity index (χ0) is 17.2. The van der Waals surface area contributed by atoms with Gasteiger partial charge in [-0.15, -0.1) is 24.0 Å². The molecule has 1 heterocycles. The van der Waals surface area contributed by atoms with Crippen molar-refractivity contribution in [2.75, 3.05) is 32.8 Å². The molecule has 0 spiro atoms. The van der Waals surface area contributed by atoms with Crippen molar-refractivity contribution < 1.29 is 9.53 Å². The second-order valence-corrected chi connectivity index (χ2v) is 6.46. The van der Waals surface area contributed by atoms with Gasteiger partial charge in [-0.05, 0) is 44.0 Å². The second-order valence-electron chi connectivity index (χ2n) is 5.54. The van der Waals surface area contributed by atoms with Crippen molar-refractivity contribution in [1.82, 2.24) is 16.0 Å². The smallest absolute Gasteiger partial charge is 0.251 e. The monoisotopic (exact) mass is 524 g/mol. The molecule has 1 aliphatic rings. The Hall–Kier alpha value is -0.870. The molecule has 3 N–H and O–H groups in total. The predicted molar refractivity (Wildman–Crippen MR) is 115 cm³/mol. The molecule has 1 amide bonds. The molecule has 1 atom stereocenters. The molecule has 2 rings (SSSR count). The summed E-state index contributed by atoms with van der Waals surface area (Å²) in [6.45, 7) is 5.47. The van der Waals surface area contributed by atoms with Gasteiger partial charge in [0.15, 0.2) is 5.96 Å². The van der Waals surface area contributed by atoms with Gasteiger partial charge in [0.05, 0.1) is 12.6 Å². The van der Waals surface area contributed by atoms with E-state index in [0.29, 0.717) is 25.2 Å². The third-order valence-corrected chi connectivity index (χ3v) is 4.16. The molecule has 1 fully saturated rings. The van der Waals surface area contributed by atoms with Crippen molar-refractivity contribution in [2.45, 2.75) is 25.9 Å². The molecule has 1 aliphatic heterocycles. The van der Waals surface area contributed by atoms with E-state index >= 15 is 0 Å². The lowest BCUT2D eigenvalue weighted by Crippen LogP contribution is -2.42. The second kappa shape index (κ2) is 12.5. The number of rotatable bonds is 7. The van der Waals surface area contributed by atoms with E-state index < -0.39 is 0 Å². The summed E-state index contributed by atoms with van der Waals surface area (Å²) in [6, 6.07) is 7.29. The number of carbonyl (C=O) groups is 1. The Morgan fingerprint density at radius 3 is 2.60 bits per heavy atom. The quantitative estimate of drug-likeness (QED) is 0.222. The fourth-order valence-corrected chi connectivity index (χ4v) is 2.65. The molecule has 0 saturated carbocycles. The lowest BCUT2D eigenvalue weighted by Gasteiger charge is -2.13. The van der Waals surface area contributed by atoms with Gasteiger partial charge >= 0.3 is 0 Å². The molecular weight excluding hydrogens is 499 g/mol. The lowest BCUT2D eigenvalue weighted by molar-refractivity contribution is 0.0954. The number of nitrogens with zero attached hydrogens (tertiary/aromatic N) is 1. The van der Waals surface area contributed by atoms with Gasteiger partial charge in [0.1, 0.15) is 0 Å². The zero-order valence-corrected chi connectivity index (χ0v) is 18.3. The molecule has 6 nitrogen and oxygen atoms in total. The highest BCUT2D eigenvalue weighted by Crippen LogP contribution is 2.11. The van der Waals surface area contributed by atoms with Gasteiger partial charge in [-0.1, -0.05) is 15.9 Å². The van der Waals surface area contributed by atoms with Crippen molar-refractivity contribution >= 4 is 51.8 Å². The molecule has 0 aromatic heterocycles. The van der Waals surface area contributed by atoms with E-state index in [1.807, 2.05) is 19.1 Å². The van der Waals surface area contributed by atoms with Gasteiger partial charge in [0.25, 0.3) is 5.91 Å². The Labute approximate surface area is 174 Å². The number of aliphatic imine (C=N–C) groups is 1. The largest absolute Gasteiger partial charge is 0.376 e. The number of hydrogen-bond donors (Lipinski definition) is 3. The van der Waals surface area contributed by atoms with Crippen LogP contribution in [0, 0.1) is 0 Å². The molecule has 1 aromatic carbocycles. The maximum absolute atomic E-state index is 12.0. The van der Waals surface area contributed by atoms with Crippen LogP contribution in [0.25, 0.3) is 0 Å². The third-order valence-electron chi connectivity index (χ3n) is 3.63. The summed E-state index contributed by atoms with van der Waals surface area (Å²) in [5, 5.41) is 9.31. The Balaban J connectivity index is 0.00000312. The van der Waals surface area contributed by atoms with Crippen LogP contribution in [0.5, 0.6) is 0 Å². The van der Waals surface area contributed by atoms with E-state index in [-0.39, 0.29) is 36.0 Å². The fourth-order valence-electron chi connectivity index (χ4n) is 2.38. The van der Waals surface area contributed by atoms with Gasteiger partial charge in [-0.3, -0.25) is 9.79 Å². The first-order valence-electron chi connectivity index (χ1n) is 8.36. The molecule has 1 aromatic rings. The lowest BCUT2D eigenvalue weighted by atomic mass is 10.2. The van der Waals surface area contributed by atoms with Crippen LogP contribution in [0.4, 0.5) is 0 Å². The molecule has 25 heavy (non-hydrogen) atoms. The van der Waals surface area contributed by atoms with Crippen LogP contribution in [-0.4, -0.2) is 50.8 Å². The van der Waals surface area contributed by atoms with E-state index in [0.717, 1.165) is 36.4 Å². The van der Waals surface area contributed by atoms with Crippen molar-refractivity contribution in [3.05, 3.63) is 34.3 Å². The summed E-state index contributed by atoms with van der Waals surface area (Å²) >= 11 is 3.36. The van der Waals surface area contributed by atoms with Gasteiger partial charge in [0.2, 0.25) is 0 Å². The normalized spacial score (nSPS) is 16.9. The maximum atomic E-state index is 12.0. The minimum Gasteiger partial charge on any atom is -0.376 e. The van der Waals surface area contributed by atoms with E-state index in [2.05, 4.69) is 36.9 Å². The van der Waals surface area contributed by atoms with Crippen LogP contribution in [-0.2, 0) is 4.74 Å². The number of guanidine groups is 1. The van der Waals surface area contributed by atoms with E-state index in [4.69, 9.17) is 4.74 Å². The van der Waals surface area contributed by atoms with Crippen LogP contribution >= 0.6 is 39.9 Å². The zero-order valence-electron chi connectivity index (χ0n) is 14.4. The summed E-state index contributed by atoms with van der Waals surface area (Å²) in [7, 11) is 0. The summed E-state index contributed by atoms with van der Waals surface area (Å²) in [5.74, 6) is 0.677. The maximum Gasteiger partial charge on any atom is 0.251 e. The summed E-state index contributed by atoms with van der Waals surface area (Å²) in [6.07, 6.45) is 2.43. The van der Waals surface area contributed by atoms with Gasteiger partial charge < -0.3 is 20.7 Å². The fraction of sp³-hybridized carbons (Fsp3) is 0.529. The SMILES string of the molecule is CCNC(=NCC1CCCO1)NCCNC(=O)c1ccc(Br)cc1.I. The number of hydrogen-bond acceptors (Lipinski definition) is 3. The number of nitrogens with one attached hydrogen (secondary N) is 3. The third kappa shape index (κ3) is 8.37. The number of benzene rings is 1. The van der Waals surface area contributed by atoms with E-state index in [1.165, 1.54) is 0 Å².